The third kappa shape index (κ3) is 3.73. The van der Waals surface area contributed by atoms with E-state index in [-0.39, 0.29) is 17.5 Å². The van der Waals surface area contributed by atoms with Gasteiger partial charge in [-0.05, 0) is 13.3 Å². The average Bonchev–Trinajstić information content (AvgIpc) is 2.24. The maximum Gasteiger partial charge on any atom is 0.405 e. The minimum Gasteiger partial charge on any atom is -0.347 e. The van der Waals surface area contributed by atoms with Crippen LogP contribution in [0.3, 0.4) is 0 Å². The second-order valence-corrected chi connectivity index (χ2v) is 3.81. The molecular weight excluding hydrogens is 255 g/mol. The molecule has 0 radical (unpaired) electrons. The molecule has 0 N–H and O–H groups in total. The van der Waals surface area contributed by atoms with Crippen LogP contribution in [0.5, 0.6) is 0 Å². The van der Waals surface area contributed by atoms with Crippen molar-refractivity contribution in [1.29, 1.82) is 0 Å². The summed E-state index contributed by atoms with van der Waals surface area (Å²) in [6.45, 7) is 2.61. The molecule has 0 aliphatic heterocycles. The van der Waals surface area contributed by atoms with E-state index in [1.807, 2.05) is 0 Å². The van der Waals surface area contributed by atoms with Crippen LogP contribution < -0.4 is 4.90 Å². The van der Waals surface area contributed by atoms with Crippen molar-refractivity contribution in [2.24, 2.45) is 0 Å². The summed E-state index contributed by atoms with van der Waals surface area (Å²) in [6.07, 6.45) is -2.60. The average molecular weight is 268 g/mol. The molecule has 0 unspecified atom stereocenters. The summed E-state index contributed by atoms with van der Waals surface area (Å²) < 4.78 is 37.2. The van der Waals surface area contributed by atoms with Gasteiger partial charge in [0.05, 0.1) is 0 Å². The number of halogens is 4. The van der Waals surface area contributed by atoms with Gasteiger partial charge in [-0.3, -0.25) is 0 Å². The maximum absolute atomic E-state index is 12.4. The van der Waals surface area contributed by atoms with E-state index in [0.29, 0.717) is 12.0 Å². The predicted molar refractivity (Wildman–Crippen MR) is 60.4 cm³/mol. The third-order valence-corrected chi connectivity index (χ3v) is 2.60. The lowest BCUT2D eigenvalue weighted by Gasteiger charge is -2.25. The number of hydrogen-bond acceptors (Lipinski definition) is 3. The first-order chi connectivity index (χ1) is 7.89. The predicted octanol–water partition coefficient (Wildman–Crippen LogP) is 3.08. The van der Waals surface area contributed by atoms with Gasteiger partial charge in [-0.2, -0.15) is 13.2 Å². The molecule has 0 amide bonds. The fourth-order valence-corrected chi connectivity index (χ4v) is 1.77. The van der Waals surface area contributed by atoms with Gasteiger partial charge in [0.25, 0.3) is 0 Å². The van der Waals surface area contributed by atoms with Crippen molar-refractivity contribution in [3.05, 3.63) is 17.0 Å². The molecule has 1 heterocycles. The molecule has 0 spiro atoms. The molecule has 7 heteroatoms. The van der Waals surface area contributed by atoms with Crippen LogP contribution in [-0.4, -0.2) is 29.2 Å². The summed E-state index contributed by atoms with van der Waals surface area (Å²) in [5, 5.41) is 0.207. The van der Waals surface area contributed by atoms with Crippen molar-refractivity contribution >= 4 is 17.4 Å². The monoisotopic (exact) mass is 267 g/mol. The van der Waals surface area contributed by atoms with E-state index in [1.54, 1.807) is 13.8 Å². The van der Waals surface area contributed by atoms with Gasteiger partial charge in [-0.15, -0.1) is 0 Å². The molecule has 3 nitrogen and oxygen atoms in total. The number of aromatic nitrogens is 2. The van der Waals surface area contributed by atoms with Crippen LogP contribution in [0.1, 0.15) is 19.4 Å². The summed E-state index contributed by atoms with van der Waals surface area (Å²) in [6, 6.07) is 0. The van der Waals surface area contributed by atoms with Crippen LogP contribution in [0.25, 0.3) is 0 Å². The van der Waals surface area contributed by atoms with Gasteiger partial charge in [0, 0.05) is 12.1 Å². The highest BCUT2D eigenvalue weighted by Gasteiger charge is 2.31. The highest BCUT2D eigenvalue weighted by atomic mass is 35.5. The van der Waals surface area contributed by atoms with Crippen LogP contribution in [0.4, 0.5) is 19.0 Å². The Morgan fingerprint density at radius 1 is 1.29 bits per heavy atom. The molecule has 1 aromatic rings. The Balaban J connectivity index is 3.07. The minimum atomic E-state index is -4.27. The second kappa shape index (κ2) is 5.53. The molecule has 0 aliphatic carbocycles. The molecule has 0 bridgehead atoms. The number of hydrogen-bond donors (Lipinski definition) is 0. The molecule has 0 saturated heterocycles. The number of nitrogens with zero attached hydrogens (tertiary/aromatic N) is 3. The lowest BCUT2D eigenvalue weighted by Crippen LogP contribution is -2.35. The Kier molecular flexibility index (Phi) is 4.56. The Labute approximate surface area is 103 Å². The second-order valence-electron chi connectivity index (χ2n) is 3.45. The van der Waals surface area contributed by atoms with E-state index in [1.165, 1.54) is 6.33 Å². The summed E-state index contributed by atoms with van der Waals surface area (Å²) in [5.41, 5.74) is 0.542. The SMILES string of the molecule is CCc1c(Cl)ncnc1N(CC)CC(F)(F)F. The van der Waals surface area contributed by atoms with E-state index < -0.39 is 12.7 Å². The first-order valence-corrected chi connectivity index (χ1v) is 5.57. The van der Waals surface area contributed by atoms with Gasteiger partial charge in [0.2, 0.25) is 0 Å². The summed E-state index contributed by atoms with van der Waals surface area (Å²) in [4.78, 5) is 8.81. The first-order valence-electron chi connectivity index (χ1n) is 5.20. The van der Waals surface area contributed by atoms with Gasteiger partial charge in [-0.1, -0.05) is 18.5 Å². The topological polar surface area (TPSA) is 29.0 Å². The highest BCUT2D eigenvalue weighted by Crippen LogP contribution is 2.26. The molecule has 0 aromatic carbocycles. The van der Waals surface area contributed by atoms with Crippen molar-refractivity contribution in [2.75, 3.05) is 18.0 Å². The van der Waals surface area contributed by atoms with Gasteiger partial charge >= 0.3 is 6.18 Å². The molecule has 1 rings (SSSR count). The van der Waals surface area contributed by atoms with Crippen LogP contribution in [0.15, 0.2) is 6.33 Å². The highest BCUT2D eigenvalue weighted by molar-refractivity contribution is 6.30. The molecule has 0 aliphatic rings. The largest absolute Gasteiger partial charge is 0.405 e. The van der Waals surface area contributed by atoms with E-state index >= 15 is 0 Å². The van der Waals surface area contributed by atoms with E-state index in [9.17, 15) is 13.2 Å². The molecule has 0 saturated carbocycles. The molecule has 0 atom stereocenters. The van der Waals surface area contributed by atoms with Gasteiger partial charge in [0.1, 0.15) is 23.8 Å². The third-order valence-electron chi connectivity index (χ3n) is 2.27. The quantitative estimate of drug-likeness (QED) is 0.785. The number of alkyl halides is 3. The van der Waals surface area contributed by atoms with Crippen molar-refractivity contribution in [3.63, 3.8) is 0 Å². The van der Waals surface area contributed by atoms with Crippen LogP contribution in [0, 0.1) is 0 Å². The molecule has 0 fully saturated rings. The molecule has 17 heavy (non-hydrogen) atoms. The minimum absolute atomic E-state index is 0.207. The Morgan fingerprint density at radius 2 is 1.94 bits per heavy atom. The zero-order valence-corrected chi connectivity index (χ0v) is 10.3. The van der Waals surface area contributed by atoms with Gasteiger partial charge in [0.15, 0.2) is 0 Å². The van der Waals surface area contributed by atoms with Gasteiger partial charge < -0.3 is 4.90 Å². The lowest BCUT2D eigenvalue weighted by atomic mass is 10.2. The fourth-order valence-electron chi connectivity index (χ4n) is 1.51. The standard InChI is InChI=1S/C10H13ClF3N3/c1-3-7-8(11)15-6-16-9(7)17(4-2)5-10(12,13)14/h6H,3-5H2,1-2H3. The number of anilines is 1. The Bertz CT molecular complexity index is 382. The number of rotatable bonds is 4. The molecule has 1 aromatic heterocycles. The zero-order chi connectivity index (χ0) is 13.1. The van der Waals surface area contributed by atoms with Crippen LogP contribution in [-0.2, 0) is 6.42 Å². The smallest absolute Gasteiger partial charge is 0.347 e. The van der Waals surface area contributed by atoms with E-state index in [0.717, 1.165) is 4.90 Å². The maximum atomic E-state index is 12.4. The Morgan fingerprint density at radius 3 is 2.41 bits per heavy atom. The first kappa shape index (κ1) is 14.0. The lowest BCUT2D eigenvalue weighted by molar-refractivity contribution is -0.119. The van der Waals surface area contributed by atoms with Crippen LogP contribution in [0.2, 0.25) is 5.15 Å². The van der Waals surface area contributed by atoms with Gasteiger partial charge in [-0.25, -0.2) is 9.97 Å². The zero-order valence-electron chi connectivity index (χ0n) is 9.55. The van der Waals surface area contributed by atoms with Crippen molar-refractivity contribution in [3.8, 4) is 0 Å². The molecule has 96 valence electrons. The van der Waals surface area contributed by atoms with E-state index in [2.05, 4.69) is 9.97 Å². The Hall–Kier alpha value is -1.04. The summed E-state index contributed by atoms with van der Waals surface area (Å²) >= 11 is 5.84. The summed E-state index contributed by atoms with van der Waals surface area (Å²) in [7, 11) is 0. The van der Waals surface area contributed by atoms with Crippen molar-refractivity contribution in [2.45, 2.75) is 26.4 Å². The van der Waals surface area contributed by atoms with E-state index in [4.69, 9.17) is 11.6 Å². The van der Waals surface area contributed by atoms with Crippen molar-refractivity contribution in [1.82, 2.24) is 9.97 Å². The van der Waals surface area contributed by atoms with Crippen molar-refractivity contribution < 1.29 is 13.2 Å². The summed E-state index contributed by atoms with van der Waals surface area (Å²) in [5.74, 6) is 0.257. The fraction of sp³-hybridized carbons (Fsp3) is 0.600. The normalized spacial score (nSPS) is 11.6. The molecular formula is C10H13ClF3N3. The van der Waals surface area contributed by atoms with Crippen LogP contribution >= 0.6 is 11.6 Å².